The molecule has 1 amide bonds. The Labute approximate surface area is 178 Å². The van der Waals surface area contributed by atoms with Crippen LogP contribution in [0.2, 0.25) is 0 Å². The van der Waals surface area contributed by atoms with Gasteiger partial charge in [-0.15, -0.1) is 0 Å². The first-order chi connectivity index (χ1) is 14.8. The predicted octanol–water partition coefficient (Wildman–Crippen LogP) is 3.80. The molecule has 0 atom stereocenters. The maximum absolute atomic E-state index is 12.8. The Kier molecular flexibility index (Phi) is 6.44. The van der Waals surface area contributed by atoms with Gasteiger partial charge < -0.3 is 10.1 Å². The van der Waals surface area contributed by atoms with E-state index in [1.54, 1.807) is 31.2 Å². The zero-order chi connectivity index (χ0) is 22.5. The largest absolute Gasteiger partial charge is 0.494 e. The minimum absolute atomic E-state index is 0.160. The van der Waals surface area contributed by atoms with E-state index in [1.807, 2.05) is 13.8 Å². The van der Waals surface area contributed by atoms with Crippen molar-refractivity contribution < 1.29 is 14.5 Å². The molecule has 3 rings (SSSR count). The summed E-state index contributed by atoms with van der Waals surface area (Å²) in [6, 6.07) is 12.4. The molecule has 0 saturated heterocycles. The van der Waals surface area contributed by atoms with Gasteiger partial charge in [0.05, 0.1) is 11.5 Å². The highest BCUT2D eigenvalue weighted by molar-refractivity contribution is 6.03. The van der Waals surface area contributed by atoms with Gasteiger partial charge in [0.25, 0.3) is 11.6 Å². The summed E-state index contributed by atoms with van der Waals surface area (Å²) in [6.45, 7) is 5.99. The highest BCUT2D eigenvalue weighted by atomic mass is 16.6. The van der Waals surface area contributed by atoms with Crippen LogP contribution in [-0.4, -0.2) is 27.2 Å². The van der Waals surface area contributed by atoms with Crippen molar-refractivity contribution in [3.8, 4) is 11.4 Å². The van der Waals surface area contributed by atoms with E-state index in [-0.39, 0.29) is 17.1 Å². The summed E-state index contributed by atoms with van der Waals surface area (Å²) in [5, 5.41) is 18.2. The average molecular weight is 422 g/mol. The zero-order valence-electron chi connectivity index (χ0n) is 17.4. The molecular weight excluding hydrogens is 400 g/mol. The number of rotatable bonds is 7. The van der Waals surface area contributed by atoms with Crippen LogP contribution >= 0.6 is 0 Å². The number of nitro groups is 1. The molecule has 1 heterocycles. The summed E-state index contributed by atoms with van der Waals surface area (Å²) in [6.07, 6.45) is 0.877. The monoisotopic (exact) mass is 422 g/mol. The molecule has 0 unspecified atom stereocenters. The molecule has 0 aliphatic carbocycles. The highest BCUT2D eigenvalue weighted by Crippen LogP contribution is 2.23. The number of nitrogens with zero attached hydrogens (tertiary/aromatic N) is 3. The molecule has 0 radical (unpaired) electrons. The number of anilines is 1. The zero-order valence-corrected chi connectivity index (χ0v) is 17.4. The number of hydrogen-bond acceptors (Lipinski definition) is 6. The molecule has 160 valence electrons. The maximum Gasteiger partial charge on any atom is 0.294 e. The van der Waals surface area contributed by atoms with Crippen LogP contribution in [0.15, 0.2) is 53.3 Å². The fourth-order valence-electron chi connectivity index (χ4n) is 3.01. The van der Waals surface area contributed by atoms with Crippen LogP contribution in [0.25, 0.3) is 5.69 Å². The van der Waals surface area contributed by atoms with Crippen LogP contribution in [0.3, 0.4) is 0 Å². The Morgan fingerprint density at radius 1 is 1.19 bits per heavy atom. The minimum Gasteiger partial charge on any atom is -0.494 e. The summed E-state index contributed by atoms with van der Waals surface area (Å²) in [5.41, 5.74) is 0.657. The number of ether oxygens (including phenoxy) is 1. The van der Waals surface area contributed by atoms with Crippen molar-refractivity contribution in [2.24, 2.45) is 0 Å². The van der Waals surface area contributed by atoms with Gasteiger partial charge in [0.15, 0.2) is 5.69 Å². The summed E-state index contributed by atoms with van der Waals surface area (Å²) in [5.74, 6) is -0.0211. The second-order valence-corrected chi connectivity index (χ2v) is 6.94. The summed E-state index contributed by atoms with van der Waals surface area (Å²) < 4.78 is 6.80. The number of benzene rings is 2. The first kappa shape index (κ1) is 21.7. The number of para-hydroxylation sites is 2. The number of aryl methyl sites for hydroxylation is 2. The Bertz CT molecular complexity index is 1200. The lowest BCUT2D eigenvalue weighted by Gasteiger charge is -2.13. The van der Waals surface area contributed by atoms with Gasteiger partial charge in [0.2, 0.25) is 5.43 Å². The number of nitrogens with one attached hydrogen (secondary N) is 1. The summed E-state index contributed by atoms with van der Waals surface area (Å²) >= 11 is 0. The normalized spacial score (nSPS) is 10.5. The van der Waals surface area contributed by atoms with Gasteiger partial charge in [-0.05, 0) is 50.1 Å². The standard InChI is InChI=1S/C22H22N4O5/c1-4-11-31-16-9-10-17(14(2)12-16)23-22(28)21-20(27)13-15(3)25(24-21)18-7-5-6-8-19(18)26(29)30/h5-10,12-13H,4,11H2,1-3H3,(H,23,28). The van der Waals surface area contributed by atoms with Gasteiger partial charge in [-0.2, -0.15) is 5.10 Å². The van der Waals surface area contributed by atoms with Crippen molar-refractivity contribution in [2.45, 2.75) is 27.2 Å². The molecule has 9 nitrogen and oxygen atoms in total. The van der Waals surface area contributed by atoms with E-state index in [0.717, 1.165) is 12.0 Å². The molecule has 3 aromatic rings. The molecule has 9 heteroatoms. The molecule has 0 fully saturated rings. The Balaban J connectivity index is 1.95. The van der Waals surface area contributed by atoms with E-state index >= 15 is 0 Å². The van der Waals surface area contributed by atoms with E-state index in [2.05, 4.69) is 10.4 Å². The predicted molar refractivity (Wildman–Crippen MR) is 116 cm³/mol. The smallest absolute Gasteiger partial charge is 0.294 e. The van der Waals surface area contributed by atoms with E-state index in [1.165, 1.54) is 28.9 Å². The second-order valence-electron chi connectivity index (χ2n) is 6.94. The third kappa shape index (κ3) is 4.77. The van der Waals surface area contributed by atoms with E-state index in [0.29, 0.717) is 23.7 Å². The average Bonchev–Trinajstić information content (AvgIpc) is 2.74. The molecular formula is C22H22N4O5. The lowest BCUT2D eigenvalue weighted by molar-refractivity contribution is -0.384. The summed E-state index contributed by atoms with van der Waals surface area (Å²) in [7, 11) is 0. The van der Waals surface area contributed by atoms with Crippen LogP contribution in [0.1, 0.15) is 35.1 Å². The first-order valence-corrected chi connectivity index (χ1v) is 9.71. The molecule has 1 aromatic heterocycles. The van der Waals surface area contributed by atoms with Crippen molar-refractivity contribution in [1.29, 1.82) is 0 Å². The fraction of sp³-hybridized carbons (Fsp3) is 0.227. The van der Waals surface area contributed by atoms with Crippen molar-refractivity contribution in [2.75, 3.05) is 11.9 Å². The van der Waals surface area contributed by atoms with Crippen LogP contribution in [0, 0.1) is 24.0 Å². The maximum atomic E-state index is 12.8. The molecule has 0 aliphatic rings. The van der Waals surface area contributed by atoms with Crippen LogP contribution in [-0.2, 0) is 0 Å². The van der Waals surface area contributed by atoms with Crippen LogP contribution < -0.4 is 15.5 Å². The second kappa shape index (κ2) is 9.21. The van der Waals surface area contributed by atoms with E-state index in [9.17, 15) is 19.7 Å². The molecule has 31 heavy (non-hydrogen) atoms. The van der Waals surface area contributed by atoms with Crippen LogP contribution in [0.5, 0.6) is 5.75 Å². The number of hydrogen-bond donors (Lipinski definition) is 1. The highest BCUT2D eigenvalue weighted by Gasteiger charge is 2.20. The van der Waals surface area contributed by atoms with Gasteiger partial charge >= 0.3 is 0 Å². The van der Waals surface area contributed by atoms with Crippen molar-refractivity contribution in [3.63, 3.8) is 0 Å². The SMILES string of the molecule is CCCOc1ccc(NC(=O)c2nn(-c3ccccc3[N+](=O)[O-])c(C)cc2=O)c(C)c1. The number of nitro benzene ring substituents is 1. The minimum atomic E-state index is -0.706. The van der Waals surface area contributed by atoms with E-state index < -0.39 is 16.3 Å². The van der Waals surface area contributed by atoms with E-state index in [4.69, 9.17) is 4.74 Å². The number of carbonyl (C=O) groups is 1. The first-order valence-electron chi connectivity index (χ1n) is 9.71. The van der Waals surface area contributed by atoms with Crippen molar-refractivity contribution in [1.82, 2.24) is 9.78 Å². The fourth-order valence-corrected chi connectivity index (χ4v) is 3.01. The Hall–Kier alpha value is -4.01. The topological polar surface area (TPSA) is 116 Å². The van der Waals surface area contributed by atoms with Gasteiger partial charge in [0.1, 0.15) is 11.4 Å². The quantitative estimate of drug-likeness (QED) is 0.457. The lowest BCUT2D eigenvalue weighted by Crippen LogP contribution is -2.27. The number of aromatic nitrogens is 2. The molecule has 0 spiro atoms. The van der Waals surface area contributed by atoms with Gasteiger partial charge in [0, 0.05) is 23.5 Å². The molecule has 1 N–H and O–H groups in total. The van der Waals surface area contributed by atoms with Gasteiger partial charge in [-0.25, -0.2) is 4.68 Å². The van der Waals surface area contributed by atoms with Gasteiger partial charge in [-0.3, -0.25) is 19.7 Å². The summed E-state index contributed by atoms with van der Waals surface area (Å²) in [4.78, 5) is 36.1. The number of carbonyl (C=O) groups excluding carboxylic acids is 1. The molecule has 0 saturated carbocycles. The van der Waals surface area contributed by atoms with Crippen LogP contribution in [0.4, 0.5) is 11.4 Å². The Morgan fingerprint density at radius 2 is 1.94 bits per heavy atom. The molecule has 0 aliphatic heterocycles. The third-order valence-electron chi connectivity index (χ3n) is 4.55. The Morgan fingerprint density at radius 3 is 2.61 bits per heavy atom. The lowest BCUT2D eigenvalue weighted by atomic mass is 10.2. The molecule has 0 bridgehead atoms. The van der Waals surface area contributed by atoms with Gasteiger partial charge in [-0.1, -0.05) is 19.1 Å². The van der Waals surface area contributed by atoms with Crippen molar-refractivity contribution in [3.05, 3.63) is 85.8 Å². The molecule has 2 aromatic carbocycles. The van der Waals surface area contributed by atoms with Crippen molar-refractivity contribution >= 4 is 17.3 Å². The number of amides is 1. The third-order valence-corrected chi connectivity index (χ3v) is 4.55.